The molecule has 2 rings (SSSR count). The van der Waals surface area contributed by atoms with Crippen LogP contribution in [0.5, 0.6) is 0 Å². The predicted octanol–water partition coefficient (Wildman–Crippen LogP) is 12.5. The zero-order valence-corrected chi connectivity index (χ0v) is 27.9. The fourth-order valence-corrected chi connectivity index (χ4v) is 4.69. The first-order valence-electron chi connectivity index (χ1n) is 15.0. The van der Waals surface area contributed by atoms with E-state index in [0.717, 1.165) is 12.0 Å². The van der Waals surface area contributed by atoms with Gasteiger partial charge in [0.15, 0.2) is 0 Å². The molecule has 1 unspecified atom stereocenters. The van der Waals surface area contributed by atoms with Gasteiger partial charge >= 0.3 is 0 Å². The minimum absolute atomic E-state index is 0.347. The first-order valence-corrected chi connectivity index (χ1v) is 15.0. The fraction of sp³-hybridized carbons (Fsp3) is 0.622. The van der Waals surface area contributed by atoms with Gasteiger partial charge in [-0.05, 0) is 91.0 Å². The van der Waals surface area contributed by atoms with Crippen molar-refractivity contribution in [3.8, 4) is 0 Å². The number of hydrogen-bond acceptors (Lipinski definition) is 0. The van der Waals surface area contributed by atoms with Crippen molar-refractivity contribution in [2.45, 2.75) is 136 Å². The Labute approximate surface area is 234 Å². The van der Waals surface area contributed by atoms with Crippen molar-refractivity contribution in [3.05, 3.63) is 76.4 Å². The van der Waals surface area contributed by atoms with E-state index in [0.29, 0.717) is 22.7 Å². The van der Waals surface area contributed by atoms with E-state index >= 15 is 0 Å². The summed E-state index contributed by atoms with van der Waals surface area (Å²) in [6.45, 7) is 39.4. The predicted molar refractivity (Wildman–Crippen MR) is 174 cm³/mol. The van der Waals surface area contributed by atoms with Crippen LogP contribution in [0.1, 0.15) is 142 Å². The first kappa shape index (κ1) is 37.3. The molecule has 1 atom stereocenters. The van der Waals surface area contributed by atoms with Crippen LogP contribution < -0.4 is 0 Å². The summed E-state index contributed by atoms with van der Waals surface area (Å²) in [7, 11) is 0. The Morgan fingerprint density at radius 3 is 1.54 bits per heavy atom. The van der Waals surface area contributed by atoms with E-state index in [9.17, 15) is 0 Å². The lowest BCUT2D eigenvalue weighted by atomic mass is 9.64. The normalized spacial score (nSPS) is 11.8. The van der Waals surface area contributed by atoms with Gasteiger partial charge in [-0.1, -0.05) is 144 Å². The molecule has 0 aliphatic heterocycles. The Morgan fingerprint density at radius 1 is 0.784 bits per heavy atom. The monoisotopic (exact) mass is 509 g/mol. The Bertz CT molecular complexity index is 867. The van der Waals surface area contributed by atoms with E-state index in [1.807, 2.05) is 27.7 Å². The molecule has 0 radical (unpaired) electrons. The molecule has 0 heteroatoms. The molecule has 37 heavy (non-hydrogen) atoms. The molecule has 0 nitrogen and oxygen atoms in total. The Balaban J connectivity index is 0. The molecule has 0 saturated carbocycles. The Kier molecular flexibility index (Phi) is 17.8. The van der Waals surface area contributed by atoms with Gasteiger partial charge in [0.05, 0.1) is 0 Å². The van der Waals surface area contributed by atoms with E-state index in [2.05, 4.69) is 126 Å². The van der Waals surface area contributed by atoms with Crippen molar-refractivity contribution in [1.29, 1.82) is 0 Å². The maximum atomic E-state index is 3.98. The summed E-state index contributed by atoms with van der Waals surface area (Å²) in [5.74, 6) is 1.34. The summed E-state index contributed by atoms with van der Waals surface area (Å²) < 4.78 is 0. The minimum atomic E-state index is 0.347. The molecule has 0 aliphatic rings. The SMILES string of the molecule is C=C(C)c1c(C)cc(C)cc1C.CC.CC.CCc1ccc(C(CC(C)(C)C(C)C)C(C)(C)CC)cc1. The molecule has 2 aromatic carbocycles. The van der Waals surface area contributed by atoms with Crippen LogP contribution in [0.3, 0.4) is 0 Å². The summed E-state index contributed by atoms with van der Waals surface area (Å²) in [5.41, 5.74) is 10.2. The van der Waals surface area contributed by atoms with Crippen LogP contribution >= 0.6 is 0 Å². The highest BCUT2D eigenvalue weighted by Crippen LogP contribution is 2.47. The lowest BCUT2D eigenvalue weighted by molar-refractivity contribution is 0.150. The molecule has 212 valence electrons. The van der Waals surface area contributed by atoms with Gasteiger partial charge in [-0.3, -0.25) is 0 Å². The second kappa shape index (κ2) is 17.6. The Hall–Kier alpha value is -1.82. The van der Waals surface area contributed by atoms with Crippen LogP contribution in [0.2, 0.25) is 0 Å². The third-order valence-corrected chi connectivity index (χ3v) is 8.04. The number of hydrogen-bond donors (Lipinski definition) is 0. The molecule has 0 aliphatic carbocycles. The van der Waals surface area contributed by atoms with E-state index in [4.69, 9.17) is 0 Å². The number of aryl methyl sites for hydroxylation is 4. The molecular formula is C37H64. The highest BCUT2D eigenvalue weighted by molar-refractivity contribution is 5.67. The van der Waals surface area contributed by atoms with Crippen LogP contribution in [0.25, 0.3) is 5.57 Å². The zero-order chi connectivity index (χ0) is 29.6. The van der Waals surface area contributed by atoms with Crippen molar-refractivity contribution >= 4 is 5.57 Å². The van der Waals surface area contributed by atoms with Crippen molar-refractivity contribution in [3.63, 3.8) is 0 Å². The number of allylic oxidation sites excluding steroid dienone is 1. The average molecular weight is 509 g/mol. The zero-order valence-electron chi connectivity index (χ0n) is 27.9. The minimum Gasteiger partial charge on any atom is -0.0955 e. The third-order valence-electron chi connectivity index (χ3n) is 8.04. The van der Waals surface area contributed by atoms with Crippen molar-refractivity contribution in [2.24, 2.45) is 16.7 Å². The fourth-order valence-electron chi connectivity index (χ4n) is 4.69. The summed E-state index contributed by atoms with van der Waals surface area (Å²) in [6.07, 6.45) is 3.61. The van der Waals surface area contributed by atoms with E-state index < -0.39 is 0 Å². The summed E-state index contributed by atoms with van der Waals surface area (Å²) in [5, 5.41) is 0. The first-order chi connectivity index (χ1) is 17.2. The highest BCUT2D eigenvalue weighted by atomic mass is 14.4. The average Bonchev–Trinajstić information content (AvgIpc) is 2.84. The van der Waals surface area contributed by atoms with Gasteiger partial charge in [0, 0.05) is 0 Å². The van der Waals surface area contributed by atoms with Gasteiger partial charge in [-0.2, -0.15) is 0 Å². The lowest BCUT2D eigenvalue weighted by Crippen LogP contribution is -2.29. The second-order valence-corrected chi connectivity index (χ2v) is 11.9. The van der Waals surface area contributed by atoms with Gasteiger partial charge in [0.2, 0.25) is 0 Å². The molecule has 0 amide bonds. The van der Waals surface area contributed by atoms with Crippen molar-refractivity contribution < 1.29 is 0 Å². The van der Waals surface area contributed by atoms with E-state index in [1.165, 1.54) is 46.2 Å². The van der Waals surface area contributed by atoms with Crippen LogP contribution in [0.4, 0.5) is 0 Å². The number of benzene rings is 2. The van der Waals surface area contributed by atoms with E-state index in [1.54, 1.807) is 0 Å². The van der Waals surface area contributed by atoms with Crippen LogP contribution in [0.15, 0.2) is 43.0 Å². The van der Waals surface area contributed by atoms with Gasteiger partial charge in [-0.15, -0.1) is 0 Å². The van der Waals surface area contributed by atoms with E-state index in [-0.39, 0.29) is 0 Å². The standard InChI is InChI=1S/C21H36.C12H16.2C2H6/c1-9-17-11-13-18(14-12-17)19(20(5,6)10-2)15-21(7,8)16(3)4;1-8(2)12-10(4)6-9(3)7-11(12)5;2*1-2/h11-14,16,19H,9-10,15H2,1-8H3;6-7H,1H2,2-5H3;2*1-2H3. The van der Waals surface area contributed by atoms with Crippen LogP contribution in [0, 0.1) is 37.5 Å². The van der Waals surface area contributed by atoms with Crippen molar-refractivity contribution in [1.82, 2.24) is 0 Å². The molecule has 0 N–H and O–H groups in total. The third kappa shape index (κ3) is 12.1. The molecule has 0 heterocycles. The van der Waals surface area contributed by atoms with Crippen LogP contribution in [-0.4, -0.2) is 0 Å². The molecule has 0 fully saturated rings. The maximum absolute atomic E-state index is 3.98. The molecule has 2 aromatic rings. The van der Waals surface area contributed by atoms with Gasteiger partial charge in [0.25, 0.3) is 0 Å². The second-order valence-electron chi connectivity index (χ2n) is 11.9. The molecule has 0 bridgehead atoms. The molecule has 0 aromatic heterocycles. The maximum Gasteiger partial charge on any atom is -0.0106 e. The topological polar surface area (TPSA) is 0 Å². The molecule has 0 saturated heterocycles. The lowest BCUT2D eigenvalue weighted by Gasteiger charge is -2.41. The Morgan fingerprint density at radius 2 is 1.22 bits per heavy atom. The molecule has 0 spiro atoms. The van der Waals surface area contributed by atoms with Crippen LogP contribution in [-0.2, 0) is 6.42 Å². The van der Waals surface area contributed by atoms with Crippen molar-refractivity contribution in [2.75, 3.05) is 0 Å². The summed E-state index contributed by atoms with van der Waals surface area (Å²) in [4.78, 5) is 0. The smallest absolute Gasteiger partial charge is 0.0106 e. The molecular weight excluding hydrogens is 444 g/mol. The van der Waals surface area contributed by atoms with Gasteiger partial charge < -0.3 is 0 Å². The quantitative estimate of drug-likeness (QED) is 0.332. The highest BCUT2D eigenvalue weighted by Gasteiger charge is 2.35. The summed E-state index contributed by atoms with van der Waals surface area (Å²) in [6, 6.07) is 13.8. The number of rotatable bonds is 8. The summed E-state index contributed by atoms with van der Waals surface area (Å²) >= 11 is 0. The largest absolute Gasteiger partial charge is 0.0955 e. The van der Waals surface area contributed by atoms with Gasteiger partial charge in [0.1, 0.15) is 0 Å². The van der Waals surface area contributed by atoms with Gasteiger partial charge in [-0.25, -0.2) is 0 Å².